The normalized spacial score (nSPS) is 10.2. The van der Waals surface area contributed by atoms with Crippen molar-refractivity contribution in [1.29, 1.82) is 0 Å². The van der Waals surface area contributed by atoms with Gasteiger partial charge in [0.1, 0.15) is 37.1 Å². The summed E-state index contributed by atoms with van der Waals surface area (Å²) in [4.78, 5) is 11.4. The van der Waals surface area contributed by atoms with Crippen LogP contribution in [-0.2, 0) is 18.0 Å². The summed E-state index contributed by atoms with van der Waals surface area (Å²) in [6, 6.07) is 18.0. The van der Waals surface area contributed by atoms with Crippen LogP contribution in [-0.4, -0.2) is 12.4 Å². The van der Waals surface area contributed by atoms with Crippen LogP contribution in [0.2, 0.25) is 0 Å². The highest BCUT2D eigenvalue weighted by Gasteiger charge is 2.07. The Labute approximate surface area is 220 Å². The average Bonchev–Trinajstić information content (AvgIpc) is 2.80. The Bertz CT molecular complexity index is 1010. The Balaban J connectivity index is 0.00000187. The third-order valence-corrected chi connectivity index (χ3v) is 5.24. The number of aryl methyl sites for hydroxylation is 4. The van der Waals surface area contributed by atoms with Crippen LogP contribution >= 0.6 is 37.2 Å². The van der Waals surface area contributed by atoms with Gasteiger partial charge in [0.2, 0.25) is 0 Å². The minimum Gasteiger partial charge on any atom is -0.489 e. The van der Waals surface area contributed by atoms with Crippen molar-refractivity contribution in [2.45, 2.75) is 47.8 Å². The van der Waals surface area contributed by atoms with E-state index >= 15 is 0 Å². The maximum atomic E-state index is 11.4. The second kappa shape index (κ2) is 13.8. The van der Waals surface area contributed by atoms with Crippen molar-refractivity contribution in [2.75, 3.05) is 6.61 Å². The zero-order valence-electron chi connectivity index (χ0n) is 19.7. The van der Waals surface area contributed by atoms with E-state index in [9.17, 15) is 4.79 Å². The van der Waals surface area contributed by atoms with Crippen molar-refractivity contribution in [3.05, 3.63) is 88.0 Å². The van der Waals surface area contributed by atoms with E-state index in [0.717, 1.165) is 22.6 Å². The first-order valence-corrected chi connectivity index (χ1v) is 16.9. The summed E-state index contributed by atoms with van der Waals surface area (Å²) in [5, 5.41) is 0. The SMILES string of the molecule is CC(=O)COc1cc(COc2ccc(C)c(C)c2)cc(COc2ccc(C)c(C)c2)c1.II. The molecule has 0 aliphatic heterocycles. The maximum absolute atomic E-state index is 11.4. The number of hydrogen-bond donors (Lipinski definition) is 0. The molecule has 3 rings (SSSR count). The molecule has 0 unspecified atom stereocenters. The summed E-state index contributed by atoms with van der Waals surface area (Å²) in [7, 11) is 0. The zero-order chi connectivity index (χ0) is 24.4. The molecule has 6 heteroatoms. The molecule has 0 aromatic heterocycles. The maximum Gasteiger partial charge on any atom is 0.167 e. The molecule has 176 valence electrons. The monoisotopic (exact) mass is 672 g/mol. The first kappa shape index (κ1) is 27.4. The summed E-state index contributed by atoms with van der Waals surface area (Å²) < 4.78 is 17.6. The number of carbonyl (C=O) groups is 1. The number of halogens is 2. The fourth-order valence-electron chi connectivity index (χ4n) is 3.10. The topological polar surface area (TPSA) is 44.8 Å². The first-order chi connectivity index (χ1) is 15.8. The lowest BCUT2D eigenvalue weighted by Gasteiger charge is -2.14. The number of rotatable bonds is 9. The van der Waals surface area contributed by atoms with E-state index in [-0.39, 0.29) is 12.4 Å². The van der Waals surface area contributed by atoms with E-state index in [4.69, 9.17) is 14.2 Å². The highest BCUT2D eigenvalue weighted by molar-refractivity contribution is 15.0. The molecule has 0 N–H and O–H groups in total. The van der Waals surface area contributed by atoms with Crippen LogP contribution in [0, 0.1) is 27.7 Å². The summed E-state index contributed by atoms with van der Waals surface area (Å²) >= 11 is 4.24. The third kappa shape index (κ3) is 9.16. The lowest BCUT2D eigenvalue weighted by atomic mass is 10.1. The van der Waals surface area contributed by atoms with Gasteiger partial charge in [-0.15, -0.1) is 0 Å². The number of Topliss-reactive ketones (excluding diaryl/α,β-unsaturated/α-hetero) is 1. The molecule has 0 aliphatic carbocycles. The van der Waals surface area contributed by atoms with Crippen LogP contribution in [0.3, 0.4) is 0 Å². The summed E-state index contributed by atoms with van der Waals surface area (Å²) in [5.41, 5.74) is 6.77. The lowest BCUT2D eigenvalue weighted by molar-refractivity contribution is -0.118. The summed E-state index contributed by atoms with van der Waals surface area (Å²) in [6.45, 7) is 10.6. The van der Waals surface area contributed by atoms with Gasteiger partial charge in [-0.3, -0.25) is 4.79 Å². The van der Waals surface area contributed by atoms with Crippen molar-refractivity contribution >= 4 is 43.0 Å². The molecule has 0 fully saturated rings. The molecular weight excluding hydrogens is 642 g/mol. The van der Waals surface area contributed by atoms with Gasteiger partial charge in [-0.05, 0) is 110 Å². The summed E-state index contributed by atoms with van der Waals surface area (Å²) in [5.74, 6) is 2.26. The molecule has 0 atom stereocenters. The molecule has 0 spiro atoms. The molecule has 0 heterocycles. The Hall–Kier alpha value is -1.81. The van der Waals surface area contributed by atoms with Crippen LogP contribution < -0.4 is 14.2 Å². The molecule has 0 saturated heterocycles. The highest BCUT2D eigenvalue weighted by atomic mass is 128. The van der Waals surface area contributed by atoms with Gasteiger partial charge in [0.05, 0.1) is 0 Å². The van der Waals surface area contributed by atoms with E-state index in [2.05, 4.69) is 77.1 Å². The number of ketones is 1. The predicted octanol–water partition coefficient (Wildman–Crippen LogP) is 7.82. The van der Waals surface area contributed by atoms with Gasteiger partial charge in [-0.25, -0.2) is 0 Å². The largest absolute Gasteiger partial charge is 0.489 e. The van der Waals surface area contributed by atoms with Crippen molar-refractivity contribution in [1.82, 2.24) is 0 Å². The second-order valence-corrected chi connectivity index (χ2v) is 8.05. The van der Waals surface area contributed by atoms with Gasteiger partial charge in [-0.1, -0.05) is 12.1 Å². The first-order valence-electron chi connectivity index (χ1n) is 10.6. The van der Waals surface area contributed by atoms with Gasteiger partial charge < -0.3 is 14.2 Å². The van der Waals surface area contributed by atoms with E-state index in [1.54, 1.807) is 0 Å². The van der Waals surface area contributed by atoms with Gasteiger partial charge in [-0.2, -0.15) is 0 Å². The molecule has 3 aromatic rings. The van der Waals surface area contributed by atoms with Gasteiger partial charge in [0, 0.05) is 37.2 Å². The Morgan fingerprint density at radius 1 is 0.636 bits per heavy atom. The summed E-state index contributed by atoms with van der Waals surface area (Å²) in [6.07, 6.45) is 0. The van der Waals surface area contributed by atoms with Crippen molar-refractivity contribution < 1.29 is 19.0 Å². The molecule has 33 heavy (non-hydrogen) atoms. The predicted molar refractivity (Wildman–Crippen MR) is 151 cm³/mol. The zero-order valence-corrected chi connectivity index (χ0v) is 24.0. The van der Waals surface area contributed by atoms with Gasteiger partial charge in [0.15, 0.2) is 5.78 Å². The van der Waals surface area contributed by atoms with E-state index in [1.165, 1.54) is 29.2 Å². The van der Waals surface area contributed by atoms with Gasteiger partial charge >= 0.3 is 0 Å². The lowest BCUT2D eigenvalue weighted by Crippen LogP contribution is -2.08. The molecule has 0 radical (unpaired) electrons. The van der Waals surface area contributed by atoms with E-state index in [1.807, 2.05) is 42.5 Å². The van der Waals surface area contributed by atoms with E-state index < -0.39 is 0 Å². The van der Waals surface area contributed by atoms with E-state index in [0.29, 0.717) is 19.0 Å². The van der Waals surface area contributed by atoms with Crippen molar-refractivity contribution in [3.63, 3.8) is 0 Å². The smallest absolute Gasteiger partial charge is 0.167 e. The third-order valence-electron chi connectivity index (χ3n) is 5.24. The van der Waals surface area contributed by atoms with Crippen LogP contribution in [0.5, 0.6) is 17.2 Å². The Kier molecular flexibility index (Phi) is 11.5. The fraction of sp³-hybridized carbons (Fsp3) is 0.296. The Morgan fingerprint density at radius 3 is 1.48 bits per heavy atom. The second-order valence-electron chi connectivity index (χ2n) is 8.05. The van der Waals surface area contributed by atoms with Crippen LogP contribution in [0.4, 0.5) is 0 Å². The average molecular weight is 672 g/mol. The minimum absolute atomic E-state index is 0.0234. The van der Waals surface area contributed by atoms with Crippen LogP contribution in [0.25, 0.3) is 0 Å². The molecule has 4 nitrogen and oxygen atoms in total. The Morgan fingerprint density at radius 2 is 1.09 bits per heavy atom. The van der Waals surface area contributed by atoms with Crippen LogP contribution in [0.1, 0.15) is 40.3 Å². The number of ether oxygens (including phenoxy) is 3. The quantitative estimate of drug-likeness (QED) is 0.218. The molecule has 3 aromatic carbocycles. The molecule has 0 aliphatic rings. The highest BCUT2D eigenvalue weighted by Crippen LogP contribution is 2.23. The van der Waals surface area contributed by atoms with Crippen molar-refractivity contribution in [2.24, 2.45) is 0 Å². The standard InChI is InChI=1S/C27H30O4.I2/c1-18-6-8-25(10-20(18)3)30-16-23-12-24(14-27(13-23)29-15-22(5)28)17-31-26-9-7-19(2)21(4)11-26;1-2/h6-14H,15-17H2,1-5H3;. The number of benzene rings is 3. The van der Waals surface area contributed by atoms with Crippen LogP contribution in [0.15, 0.2) is 54.6 Å². The molecule has 0 amide bonds. The fourth-order valence-corrected chi connectivity index (χ4v) is 3.10. The molecular formula is C27H30I2O4. The minimum atomic E-state index is -0.0234. The number of carbonyl (C=O) groups excluding carboxylic acids is 1. The molecule has 0 saturated carbocycles. The number of hydrogen-bond acceptors (Lipinski definition) is 4. The molecule has 0 bridgehead atoms. The van der Waals surface area contributed by atoms with Gasteiger partial charge in [0.25, 0.3) is 0 Å². The van der Waals surface area contributed by atoms with Crippen molar-refractivity contribution in [3.8, 4) is 17.2 Å².